The number of fused-ring (bicyclic) bond motifs is 2. The summed E-state index contributed by atoms with van der Waals surface area (Å²) in [7, 11) is 1.96. The molecule has 3 rings (SSSR count). The first-order valence-electron chi connectivity index (χ1n) is 8.01. The van der Waals surface area contributed by atoms with Gasteiger partial charge >= 0.3 is 0 Å². The zero-order chi connectivity index (χ0) is 15.1. The normalized spacial score (nSPS) is 26.9. The quantitative estimate of drug-likeness (QED) is 0.898. The second kappa shape index (κ2) is 7.86. The third-order valence-corrected chi connectivity index (χ3v) is 5.11. The Hall–Kier alpha value is -0.780. The average molecular weight is 363 g/mol. The van der Waals surface area contributed by atoms with Gasteiger partial charge in [-0.2, -0.15) is 5.10 Å². The zero-order valence-corrected chi connectivity index (χ0v) is 15.9. The first kappa shape index (κ1) is 20.3. The molecule has 1 aromatic heterocycles. The molecular formula is C16H28Cl2N4O. The molecule has 2 fully saturated rings. The number of aryl methyl sites for hydroxylation is 2. The molecule has 3 atom stereocenters. The van der Waals surface area contributed by atoms with Crippen LogP contribution in [0.1, 0.15) is 50.0 Å². The lowest BCUT2D eigenvalue weighted by Gasteiger charge is -2.36. The molecule has 7 heteroatoms. The van der Waals surface area contributed by atoms with Crippen LogP contribution in [0.15, 0.2) is 6.07 Å². The number of nitrogens with zero attached hydrogens (tertiary/aromatic N) is 3. The molecule has 3 heterocycles. The standard InChI is InChI=1S/C16H26N4O.2ClH/c1-10-7-11(2)20(18-10)12(3)16(21)19(4)15-8-13-5-6-14(9-15)17-13;;/h7,12-15,17H,5-6,8-9H2,1-4H3;2*1H. The smallest absolute Gasteiger partial charge is 0.247 e. The van der Waals surface area contributed by atoms with E-state index in [4.69, 9.17) is 0 Å². The van der Waals surface area contributed by atoms with E-state index in [9.17, 15) is 4.79 Å². The summed E-state index contributed by atoms with van der Waals surface area (Å²) >= 11 is 0. The molecule has 2 aliphatic rings. The van der Waals surface area contributed by atoms with Gasteiger partial charge in [0, 0.05) is 30.9 Å². The Morgan fingerprint density at radius 3 is 2.35 bits per heavy atom. The number of carbonyl (C=O) groups excluding carboxylic acids is 1. The molecular weight excluding hydrogens is 335 g/mol. The van der Waals surface area contributed by atoms with Crippen molar-refractivity contribution < 1.29 is 4.79 Å². The van der Waals surface area contributed by atoms with E-state index in [1.165, 1.54) is 12.8 Å². The minimum atomic E-state index is -0.226. The molecule has 0 aromatic carbocycles. The van der Waals surface area contributed by atoms with E-state index in [-0.39, 0.29) is 36.8 Å². The van der Waals surface area contributed by atoms with E-state index in [0.717, 1.165) is 24.2 Å². The van der Waals surface area contributed by atoms with Gasteiger partial charge in [0.15, 0.2) is 0 Å². The van der Waals surface area contributed by atoms with Gasteiger partial charge in [-0.25, -0.2) is 0 Å². The Balaban J connectivity index is 0.00000132. The summed E-state index contributed by atoms with van der Waals surface area (Å²) in [6.07, 6.45) is 4.69. The maximum Gasteiger partial charge on any atom is 0.247 e. The largest absolute Gasteiger partial charge is 0.341 e. The van der Waals surface area contributed by atoms with E-state index in [0.29, 0.717) is 18.1 Å². The molecule has 132 valence electrons. The summed E-state index contributed by atoms with van der Waals surface area (Å²) in [5, 5.41) is 8.09. The number of piperidine rings is 1. The Bertz CT molecular complexity index is 536. The summed E-state index contributed by atoms with van der Waals surface area (Å²) in [5.41, 5.74) is 2.02. The molecule has 3 unspecified atom stereocenters. The van der Waals surface area contributed by atoms with Crippen LogP contribution >= 0.6 is 24.8 Å². The number of rotatable bonds is 3. The Morgan fingerprint density at radius 1 is 1.30 bits per heavy atom. The number of carbonyl (C=O) groups is 1. The fourth-order valence-electron chi connectivity index (χ4n) is 3.96. The van der Waals surface area contributed by atoms with Gasteiger partial charge in [0.2, 0.25) is 5.91 Å². The highest BCUT2D eigenvalue weighted by Gasteiger charge is 2.37. The van der Waals surface area contributed by atoms with Crippen molar-refractivity contribution in [3.63, 3.8) is 0 Å². The maximum atomic E-state index is 12.8. The van der Waals surface area contributed by atoms with Crippen molar-refractivity contribution >= 4 is 30.7 Å². The lowest BCUT2D eigenvalue weighted by atomic mass is 9.98. The van der Waals surface area contributed by atoms with Gasteiger partial charge in [0.1, 0.15) is 6.04 Å². The molecule has 23 heavy (non-hydrogen) atoms. The summed E-state index contributed by atoms with van der Waals surface area (Å²) in [6.45, 7) is 5.93. The van der Waals surface area contributed by atoms with E-state index in [1.807, 2.05) is 43.5 Å². The summed E-state index contributed by atoms with van der Waals surface area (Å²) < 4.78 is 1.85. The van der Waals surface area contributed by atoms with Gasteiger partial charge in [-0.3, -0.25) is 9.48 Å². The Labute approximate surface area is 151 Å². The first-order chi connectivity index (χ1) is 9.95. The number of nitrogens with one attached hydrogen (secondary N) is 1. The maximum absolute atomic E-state index is 12.8. The van der Waals surface area contributed by atoms with Gasteiger partial charge in [0.25, 0.3) is 0 Å². The Morgan fingerprint density at radius 2 is 1.87 bits per heavy atom. The topological polar surface area (TPSA) is 50.2 Å². The monoisotopic (exact) mass is 362 g/mol. The van der Waals surface area contributed by atoms with Crippen LogP contribution in [0.2, 0.25) is 0 Å². The fraction of sp³-hybridized carbons (Fsp3) is 0.750. The average Bonchev–Trinajstić information content (AvgIpc) is 2.97. The number of hydrogen-bond donors (Lipinski definition) is 1. The van der Waals surface area contributed by atoms with E-state index < -0.39 is 0 Å². The third-order valence-electron chi connectivity index (χ3n) is 5.11. The fourth-order valence-corrected chi connectivity index (χ4v) is 3.96. The van der Waals surface area contributed by atoms with Crippen molar-refractivity contribution in [3.8, 4) is 0 Å². The molecule has 0 aliphatic carbocycles. The number of halogens is 2. The summed E-state index contributed by atoms with van der Waals surface area (Å²) in [6, 6.07) is 3.38. The molecule has 1 amide bonds. The van der Waals surface area contributed by atoms with Crippen LogP contribution in [0.25, 0.3) is 0 Å². The van der Waals surface area contributed by atoms with Gasteiger partial charge in [-0.15, -0.1) is 24.8 Å². The van der Waals surface area contributed by atoms with Crippen LogP contribution in [-0.4, -0.2) is 45.8 Å². The molecule has 2 saturated heterocycles. The van der Waals surface area contributed by atoms with Crippen LogP contribution in [0.4, 0.5) is 0 Å². The van der Waals surface area contributed by atoms with Crippen LogP contribution < -0.4 is 5.32 Å². The molecule has 0 saturated carbocycles. The van der Waals surface area contributed by atoms with Crippen molar-refractivity contribution in [2.45, 2.75) is 70.6 Å². The van der Waals surface area contributed by atoms with Crippen molar-refractivity contribution in [1.82, 2.24) is 20.0 Å². The second-order valence-electron chi connectivity index (χ2n) is 6.76. The van der Waals surface area contributed by atoms with Gasteiger partial charge in [0.05, 0.1) is 5.69 Å². The molecule has 0 spiro atoms. The minimum absolute atomic E-state index is 0. The Kier molecular flexibility index (Phi) is 6.93. The van der Waals surface area contributed by atoms with Gasteiger partial charge in [-0.05, 0) is 52.5 Å². The molecule has 2 aliphatic heterocycles. The summed E-state index contributed by atoms with van der Waals surface area (Å²) in [4.78, 5) is 14.7. The predicted molar refractivity (Wildman–Crippen MR) is 96.6 cm³/mol. The molecule has 2 bridgehead atoms. The number of amides is 1. The zero-order valence-electron chi connectivity index (χ0n) is 14.3. The second-order valence-corrected chi connectivity index (χ2v) is 6.76. The number of hydrogen-bond acceptors (Lipinski definition) is 3. The molecule has 0 radical (unpaired) electrons. The van der Waals surface area contributed by atoms with Crippen LogP contribution in [-0.2, 0) is 4.79 Å². The van der Waals surface area contributed by atoms with Gasteiger partial charge < -0.3 is 10.2 Å². The minimum Gasteiger partial charge on any atom is -0.341 e. The van der Waals surface area contributed by atoms with Crippen LogP contribution in [0, 0.1) is 13.8 Å². The van der Waals surface area contributed by atoms with E-state index >= 15 is 0 Å². The van der Waals surface area contributed by atoms with E-state index in [2.05, 4.69) is 10.4 Å². The van der Waals surface area contributed by atoms with Crippen molar-refractivity contribution in [1.29, 1.82) is 0 Å². The van der Waals surface area contributed by atoms with Crippen LogP contribution in [0.3, 0.4) is 0 Å². The lowest BCUT2D eigenvalue weighted by molar-refractivity contribution is -0.136. The van der Waals surface area contributed by atoms with Crippen molar-refractivity contribution in [2.75, 3.05) is 7.05 Å². The molecule has 1 aromatic rings. The van der Waals surface area contributed by atoms with Crippen molar-refractivity contribution in [3.05, 3.63) is 17.5 Å². The highest BCUT2D eigenvalue weighted by molar-refractivity contribution is 5.85. The van der Waals surface area contributed by atoms with E-state index in [1.54, 1.807) is 0 Å². The van der Waals surface area contributed by atoms with Crippen molar-refractivity contribution in [2.24, 2.45) is 0 Å². The third kappa shape index (κ3) is 4.01. The SMILES string of the molecule is Cc1cc(C)n(C(C)C(=O)N(C)C2CC3CCC(C2)N3)n1.Cl.Cl. The summed E-state index contributed by atoms with van der Waals surface area (Å²) in [5.74, 6) is 0.174. The number of likely N-dealkylation sites (N-methyl/N-ethyl adjacent to an activating group) is 1. The first-order valence-corrected chi connectivity index (χ1v) is 8.01. The predicted octanol–water partition coefficient (Wildman–Crippen LogP) is 2.65. The van der Waals surface area contributed by atoms with Gasteiger partial charge in [-0.1, -0.05) is 0 Å². The highest BCUT2D eigenvalue weighted by atomic mass is 35.5. The molecule has 5 nitrogen and oxygen atoms in total. The molecule has 1 N–H and O–H groups in total. The highest BCUT2D eigenvalue weighted by Crippen LogP contribution is 2.30. The lowest BCUT2D eigenvalue weighted by Crippen LogP contribution is -2.50. The number of aromatic nitrogens is 2. The van der Waals surface area contributed by atoms with Crippen LogP contribution in [0.5, 0.6) is 0 Å².